The van der Waals surface area contributed by atoms with Crippen LogP contribution in [-0.4, -0.2) is 0 Å². The standard InChI is InChI=1S/C15H13.C5H5.CH4.2CH3.2ClH.Zr/c1-10-3-5-14-12(7-10)9-13-8-11(2)4-6-15(13)14;1-2-4-5-3-1;;;;;;/h3-9H,1-2H3;1-3H,4H2;1H4;2*1H3;2*1H;/q2*-1;;2*-1;;;+2/p-2. The van der Waals surface area contributed by atoms with Gasteiger partial charge in [-0.05, 0) is 13.8 Å². The van der Waals surface area contributed by atoms with Gasteiger partial charge in [-0.2, -0.15) is 6.08 Å². The van der Waals surface area contributed by atoms with Crippen molar-refractivity contribution >= 4 is 21.5 Å². The first-order valence-electron chi connectivity index (χ1n) is 7.02. The van der Waals surface area contributed by atoms with Crippen LogP contribution in [0.3, 0.4) is 0 Å². The van der Waals surface area contributed by atoms with E-state index in [4.69, 9.17) is 0 Å². The average Bonchev–Trinajstić information content (AvgIpc) is 3.08. The quantitative estimate of drug-likeness (QED) is 0.437. The van der Waals surface area contributed by atoms with Crippen LogP contribution in [0, 0.1) is 34.8 Å². The van der Waals surface area contributed by atoms with Crippen molar-refractivity contribution in [3.63, 3.8) is 0 Å². The smallest absolute Gasteiger partial charge is 1.00 e. The van der Waals surface area contributed by atoms with Crippen LogP contribution in [0.25, 0.3) is 21.5 Å². The molecule has 0 spiro atoms. The number of hydrogen-bond acceptors (Lipinski definition) is 0. The van der Waals surface area contributed by atoms with Gasteiger partial charge in [-0.1, -0.05) is 42.8 Å². The van der Waals surface area contributed by atoms with Crippen molar-refractivity contribution in [1.82, 2.24) is 0 Å². The normalized spacial score (nSPS) is 9.92. The van der Waals surface area contributed by atoms with E-state index < -0.39 is 0 Å². The first-order chi connectivity index (χ1) is 9.74. The molecule has 0 aliphatic heterocycles. The van der Waals surface area contributed by atoms with Gasteiger partial charge in [0.1, 0.15) is 0 Å². The number of hydrogen-bond donors (Lipinski definition) is 0. The van der Waals surface area contributed by atoms with Crippen LogP contribution in [0.1, 0.15) is 25.0 Å². The van der Waals surface area contributed by atoms with E-state index in [1.165, 1.54) is 32.7 Å². The Bertz CT molecular complexity index is 747. The van der Waals surface area contributed by atoms with Crippen molar-refractivity contribution in [2.75, 3.05) is 0 Å². The van der Waals surface area contributed by atoms with Crippen LogP contribution in [-0.2, 0) is 26.2 Å². The summed E-state index contributed by atoms with van der Waals surface area (Å²) in [6, 6.07) is 15.6. The molecular weight excluding hydrogens is 438 g/mol. The Labute approximate surface area is 192 Å². The number of benzene rings is 2. The zero-order valence-corrected chi connectivity index (χ0v) is 19.2. The molecule has 0 saturated heterocycles. The van der Waals surface area contributed by atoms with Crippen molar-refractivity contribution in [1.29, 1.82) is 0 Å². The zero-order chi connectivity index (χ0) is 13.9. The second kappa shape index (κ2) is 15.3. The van der Waals surface area contributed by atoms with Gasteiger partial charge in [0.05, 0.1) is 0 Å². The molecule has 1 aliphatic rings. The number of halogens is 2. The average molecular weight is 467 g/mol. The predicted octanol–water partition coefficient (Wildman–Crippen LogP) is 1.18. The maximum Gasteiger partial charge on any atom is 2.00 e. The summed E-state index contributed by atoms with van der Waals surface area (Å²) in [5.41, 5.74) is 2.66. The molecule has 3 heteroatoms. The number of aryl methyl sites for hydroxylation is 2. The Hall–Kier alpha value is -0.747. The molecule has 4 rings (SSSR count). The zero-order valence-electron chi connectivity index (χ0n) is 15.2. The van der Waals surface area contributed by atoms with Crippen LogP contribution in [0.4, 0.5) is 0 Å². The third kappa shape index (κ3) is 7.87. The van der Waals surface area contributed by atoms with Crippen LogP contribution in [0.5, 0.6) is 0 Å². The molecule has 142 valence electrons. The molecule has 3 aromatic carbocycles. The summed E-state index contributed by atoms with van der Waals surface area (Å²) in [7, 11) is 0. The summed E-state index contributed by atoms with van der Waals surface area (Å²) in [5, 5.41) is 5.46. The summed E-state index contributed by atoms with van der Waals surface area (Å²) in [6.07, 6.45) is 10.0. The molecule has 0 nitrogen and oxygen atoms in total. The molecule has 0 radical (unpaired) electrons. The summed E-state index contributed by atoms with van der Waals surface area (Å²) < 4.78 is 0. The van der Waals surface area contributed by atoms with Gasteiger partial charge in [0.25, 0.3) is 0 Å². The van der Waals surface area contributed by atoms with Crippen molar-refractivity contribution in [2.45, 2.75) is 27.7 Å². The third-order valence-corrected chi connectivity index (χ3v) is 3.60. The molecule has 0 heterocycles. The van der Waals surface area contributed by atoms with Gasteiger partial charge in [0.2, 0.25) is 0 Å². The molecule has 0 amide bonds. The van der Waals surface area contributed by atoms with Crippen LogP contribution in [0.15, 0.2) is 60.7 Å². The minimum atomic E-state index is 0. The molecule has 0 N–H and O–H groups in total. The maximum absolute atomic E-state index is 2.99. The SMILES string of the molecule is C.Cc1ccc2c(c1)[cH-]c1cc(C)ccc12.[C-]1=CC=CC1.[CH3-].[CH3-].[Cl-].[Cl-].[Zr+2]. The second-order valence-electron chi connectivity index (χ2n) is 5.33. The molecule has 0 atom stereocenters. The first kappa shape index (κ1) is 32.9. The van der Waals surface area contributed by atoms with Crippen molar-refractivity contribution < 1.29 is 51.0 Å². The van der Waals surface area contributed by atoms with Gasteiger partial charge >= 0.3 is 26.2 Å². The van der Waals surface area contributed by atoms with E-state index in [2.05, 4.69) is 68.5 Å². The minimum absolute atomic E-state index is 0. The van der Waals surface area contributed by atoms with E-state index in [-0.39, 0.29) is 73.3 Å². The Balaban J connectivity index is -0.000000196. The van der Waals surface area contributed by atoms with E-state index in [0.717, 1.165) is 6.42 Å². The monoisotopic (exact) mass is 464 g/mol. The second-order valence-corrected chi connectivity index (χ2v) is 5.33. The van der Waals surface area contributed by atoms with Crippen molar-refractivity contribution in [3.05, 3.63) is 92.7 Å². The largest absolute Gasteiger partial charge is 2.00 e. The van der Waals surface area contributed by atoms with Crippen LogP contribution >= 0.6 is 0 Å². The maximum atomic E-state index is 2.99. The Morgan fingerprint density at radius 3 is 1.62 bits per heavy atom. The molecule has 0 aromatic heterocycles. The summed E-state index contributed by atoms with van der Waals surface area (Å²) in [6.45, 7) is 4.28. The number of rotatable bonds is 0. The molecular formula is C23H28Cl2Zr-4. The number of allylic oxidation sites excluding steroid dienone is 4. The topological polar surface area (TPSA) is 0 Å². The van der Waals surface area contributed by atoms with Gasteiger partial charge in [0.15, 0.2) is 0 Å². The van der Waals surface area contributed by atoms with Crippen molar-refractivity contribution in [3.8, 4) is 0 Å². The molecule has 0 fully saturated rings. The third-order valence-electron chi connectivity index (χ3n) is 3.60. The minimum Gasteiger partial charge on any atom is -1.00 e. The fraction of sp³-hybridized carbons (Fsp3) is 0.174. The molecule has 0 unspecified atom stereocenters. The fourth-order valence-electron chi connectivity index (χ4n) is 2.60. The predicted molar refractivity (Wildman–Crippen MR) is 108 cm³/mol. The van der Waals surface area contributed by atoms with E-state index in [9.17, 15) is 0 Å². The Kier molecular flexibility index (Phi) is 19.4. The summed E-state index contributed by atoms with van der Waals surface area (Å²) in [5.74, 6) is 0. The molecule has 3 aromatic rings. The van der Waals surface area contributed by atoms with E-state index in [1.807, 2.05) is 12.2 Å². The van der Waals surface area contributed by atoms with Crippen molar-refractivity contribution in [2.24, 2.45) is 0 Å². The van der Waals surface area contributed by atoms with Gasteiger partial charge in [-0.15, -0.1) is 46.2 Å². The fourth-order valence-corrected chi connectivity index (χ4v) is 2.60. The van der Waals surface area contributed by atoms with E-state index in [0.29, 0.717) is 0 Å². The molecule has 0 saturated carbocycles. The Morgan fingerprint density at radius 1 is 0.846 bits per heavy atom. The molecule has 26 heavy (non-hydrogen) atoms. The Morgan fingerprint density at radius 2 is 1.31 bits per heavy atom. The van der Waals surface area contributed by atoms with Gasteiger partial charge in [-0.3, -0.25) is 6.08 Å². The van der Waals surface area contributed by atoms with E-state index in [1.54, 1.807) is 0 Å². The molecule has 1 aliphatic carbocycles. The van der Waals surface area contributed by atoms with E-state index >= 15 is 0 Å². The summed E-state index contributed by atoms with van der Waals surface area (Å²) in [4.78, 5) is 0. The first-order valence-corrected chi connectivity index (χ1v) is 7.02. The molecule has 0 bridgehead atoms. The van der Waals surface area contributed by atoms with Gasteiger partial charge < -0.3 is 39.7 Å². The van der Waals surface area contributed by atoms with Crippen LogP contribution < -0.4 is 24.8 Å². The van der Waals surface area contributed by atoms with Gasteiger partial charge in [0, 0.05) is 0 Å². The van der Waals surface area contributed by atoms with Gasteiger partial charge in [-0.25, -0.2) is 12.2 Å². The summed E-state index contributed by atoms with van der Waals surface area (Å²) >= 11 is 0. The number of fused-ring (bicyclic) bond motifs is 3. The van der Waals surface area contributed by atoms with Crippen LogP contribution in [0.2, 0.25) is 0 Å².